The molecular weight excluding hydrogens is 339 g/mol. The summed E-state index contributed by atoms with van der Waals surface area (Å²) in [6, 6.07) is 0.229. The predicted molar refractivity (Wildman–Crippen MR) is 93.7 cm³/mol. The topological polar surface area (TPSA) is 53.5 Å². The lowest BCUT2D eigenvalue weighted by Crippen LogP contribution is -2.46. The van der Waals surface area contributed by atoms with Crippen LogP contribution in [0.4, 0.5) is 13.2 Å². The monoisotopic (exact) mass is 369 g/mol. The third-order valence-electron chi connectivity index (χ3n) is 4.11. The first-order chi connectivity index (χ1) is 11.4. The zero-order valence-corrected chi connectivity index (χ0v) is 15.4. The summed E-state index contributed by atoms with van der Waals surface area (Å²) < 4.78 is 48.3. The number of guanidine groups is 1. The number of alkyl halides is 3. The van der Waals surface area contributed by atoms with Crippen molar-refractivity contribution in [2.75, 3.05) is 18.8 Å². The molecule has 0 radical (unpaired) electrons. The summed E-state index contributed by atoms with van der Waals surface area (Å²) in [7, 11) is -0.776. The molecular formula is C16H30F3N3OS. The maximum absolute atomic E-state index is 12.1. The van der Waals surface area contributed by atoms with E-state index in [0.29, 0.717) is 31.2 Å². The zero-order chi connectivity index (χ0) is 18.0. The van der Waals surface area contributed by atoms with Gasteiger partial charge in [0.1, 0.15) is 0 Å². The molecule has 1 aliphatic rings. The molecule has 24 heavy (non-hydrogen) atoms. The van der Waals surface area contributed by atoms with Crippen LogP contribution in [0.5, 0.6) is 0 Å². The van der Waals surface area contributed by atoms with Crippen molar-refractivity contribution in [1.29, 1.82) is 0 Å². The summed E-state index contributed by atoms with van der Waals surface area (Å²) in [5, 5.41) is 6.72. The summed E-state index contributed by atoms with van der Waals surface area (Å²) in [5.74, 6) is 1.34. The number of hydrogen-bond donors (Lipinski definition) is 2. The van der Waals surface area contributed by atoms with Crippen molar-refractivity contribution < 1.29 is 17.4 Å². The van der Waals surface area contributed by atoms with Gasteiger partial charge in [-0.3, -0.25) is 9.20 Å². The highest BCUT2D eigenvalue weighted by Crippen LogP contribution is 2.23. The Balaban J connectivity index is 2.43. The average Bonchev–Trinajstić information content (AvgIpc) is 2.53. The van der Waals surface area contributed by atoms with Gasteiger partial charge in [-0.1, -0.05) is 13.3 Å². The van der Waals surface area contributed by atoms with E-state index in [1.54, 1.807) is 0 Å². The molecule has 1 saturated carbocycles. The molecule has 0 spiro atoms. The Kier molecular flexibility index (Phi) is 9.69. The maximum Gasteiger partial charge on any atom is 0.389 e. The van der Waals surface area contributed by atoms with Gasteiger partial charge in [-0.25, -0.2) is 0 Å². The van der Waals surface area contributed by atoms with Crippen molar-refractivity contribution in [3.05, 3.63) is 0 Å². The van der Waals surface area contributed by atoms with Gasteiger partial charge in [-0.2, -0.15) is 13.2 Å². The van der Waals surface area contributed by atoms with Gasteiger partial charge in [-0.15, -0.1) is 0 Å². The third kappa shape index (κ3) is 8.89. The Hall–Kier alpha value is -0.790. The normalized spacial score (nSPS) is 23.8. The van der Waals surface area contributed by atoms with E-state index in [-0.39, 0.29) is 17.7 Å². The molecule has 1 fully saturated rings. The SMILES string of the molecule is CCNC(=NCCCCC(F)(F)F)NC1CCCC(S(=O)CC)C1. The highest BCUT2D eigenvalue weighted by Gasteiger charge is 2.26. The first kappa shape index (κ1) is 21.3. The smallest absolute Gasteiger partial charge is 0.357 e. The van der Waals surface area contributed by atoms with E-state index in [1.165, 1.54) is 0 Å². The molecule has 8 heteroatoms. The van der Waals surface area contributed by atoms with Gasteiger partial charge in [0.25, 0.3) is 0 Å². The Morgan fingerprint density at radius 1 is 1.25 bits per heavy atom. The Morgan fingerprint density at radius 3 is 2.62 bits per heavy atom. The largest absolute Gasteiger partial charge is 0.389 e. The molecule has 0 aromatic rings. The molecule has 142 valence electrons. The van der Waals surface area contributed by atoms with E-state index in [9.17, 15) is 17.4 Å². The van der Waals surface area contributed by atoms with Crippen LogP contribution in [0, 0.1) is 0 Å². The van der Waals surface area contributed by atoms with E-state index in [0.717, 1.165) is 25.7 Å². The fourth-order valence-corrected chi connectivity index (χ4v) is 4.24. The summed E-state index contributed by atoms with van der Waals surface area (Å²) in [6.07, 6.45) is -0.396. The van der Waals surface area contributed by atoms with Crippen LogP contribution in [-0.2, 0) is 10.8 Å². The van der Waals surface area contributed by atoms with Gasteiger partial charge >= 0.3 is 6.18 Å². The van der Waals surface area contributed by atoms with Crippen molar-refractivity contribution in [2.24, 2.45) is 4.99 Å². The van der Waals surface area contributed by atoms with Crippen LogP contribution in [0.15, 0.2) is 4.99 Å². The first-order valence-corrected chi connectivity index (χ1v) is 10.2. The highest BCUT2D eigenvalue weighted by atomic mass is 32.2. The fourth-order valence-electron chi connectivity index (χ4n) is 2.89. The molecule has 0 saturated heterocycles. The summed E-state index contributed by atoms with van der Waals surface area (Å²) in [6.45, 7) is 4.98. The number of unbranched alkanes of at least 4 members (excludes halogenated alkanes) is 1. The minimum atomic E-state index is -4.08. The molecule has 0 aliphatic heterocycles. The Labute approximate surface area is 145 Å². The molecule has 0 amide bonds. The third-order valence-corrected chi connectivity index (χ3v) is 5.85. The standard InChI is InChI=1S/C16H30F3N3OS/c1-3-20-15(21-11-6-5-10-16(17,18)19)22-13-8-7-9-14(12-13)24(23)4-2/h13-14H,3-12H2,1-2H3,(H2,20,21,22). The quantitative estimate of drug-likeness (QED) is 0.392. The van der Waals surface area contributed by atoms with Gasteiger partial charge < -0.3 is 10.6 Å². The number of hydrogen-bond acceptors (Lipinski definition) is 2. The van der Waals surface area contributed by atoms with Crippen molar-refractivity contribution >= 4 is 16.8 Å². The molecule has 0 heterocycles. The molecule has 0 aromatic heterocycles. The number of nitrogens with one attached hydrogen (secondary N) is 2. The van der Waals surface area contributed by atoms with Gasteiger partial charge in [0.2, 0.25) is 0 Å². The van der Waals surface area contributed by atoms with Gasteiger partial charge in [-0.05, 0) is 39.0 Å². The van der Waals surface area contributed by atoms with Crippen LogP contribution >= 0.6 is 0 Å². The average molecular weight is 369 g/mol. The van der Waals surface area contributed by atoms with Crippen LogP contribution < -0.4 is 10.6 Å². The second-order valence-corrected chi connectivity index (χ2v) is 8.14. The minimum Gasteiger partial charge on any atom is -0.357 e. The summed E-state index contributed by atoms with van der Waals surface area (Å²) in [4.78, 5) is 4.37. The van der Waals surface area contributed by atoms with E-state index in [2.05, 4.69) is 15.6 Å². The Morgan fingerprint density at radius 2 is 2.00 bits per heavy atom. The van der Waals surface area contributed by atoms with Crippen molar-refractivity contribution in [1.82, 2.24) is 10.6 Å². The van der Waals surface area contributed by atoms with E-state index >= 15 is 0 Å². The summed E-state index contributed by atoms with van der Waals surface area (Å²) in [5.41, 5.74) is 0. The molecule has 1 aliphatic carbocycles. The van der Waals surface area contributed by atoms with Crippen LogP contribution in [0.25, 0.3) is 0 Å². The first-order valence-electron chi connectivity index (χ1n) is 8.84. The maximum atomic E-state index is 12.1. The lowest BCUT2D eigenvalue weighted by atomic mass is 9.95. The minimum absolute atomic E-state index is 0.105. The Bertz CT molecular complexity index is 416. The predicted octanol–water partition coefficient (Wildman–Crippen LogP) is 3.35. The highest BCUT2D eigenvalue weighted by molar-refractivity contribution is 7.85. The molecule has 0 bridgehead atoms. The fraction of sp³-hybridized carbons (Fsp3) is 0.938. The second-order valence-electron chi connectivity index (χ2n) is 6.13. The number of nitrogens with zero attached hydrogens (tertiary/aromatic N) is 1. The number of rotatable bonds is 8. The lowest BCUT2D eigenvalue weighted by Gasteiger charge is -2.30. The van der Waals surface area contributed by atoms with Gasteiger partial charge in [0.15, 0.2) is 5.96 Å². The van der Waals surface area contributed by atoms with Gasteiger partial charge in [0.05, 0.1) is 0 Å². The van der Waals surface area contributed by atoms with Crippen molar-refractivity contribution in [3.63, 3.8) is 0 Å². The second kappa shape index (κ2) is 10.9. The molecule has 0 aromatic carbocycles. The van der Waals surface area contributed by atoms with E-state index in [4.69, 9.17) is 0 Å². The van der Waals surface area contributed by atoms with E-state index in [1.807, 2.05) is 13.8 Å². The van der Waals surface area contributed by atoms with Gasteiger partial charge in [0, 0.05) is 47.4 Å². The van der Waals surface area contributed by atoms with Crippen molar-refractivity contribution in [3.8, 4) is 0 Å². The summed E-state index contributed by atoms with van der Waals surface area (Å²) >= 11 is 0. The van der Waals surface area contributed by atoms with Crippen LogP contribution in [0.2, 0.25) is 0 Å². The molecule has 4 nitrogen and oxygen atoms in total. The molecule has 1 rings (SSSR count). The molecule has 3 atom stereocenters. The van der Waals surface area contributed by atoms with Crippen LogP contribution in [0.1, 0.15) is 58.8 Å². The number of halogens is 3. The molecule has 2 N–H and O–H groups in total. The van der Waals surface area contributed by atoms with Crippen LogP contribution in [-0.4, -0.2) is 46.5 Å². The van der Waals surface area contributed by atoms with E-state index < -0.39 is 23.4 Å². The number of aliphatic imine (C=N–C) groups is 1. The lowest BCUT2D eigenvalue weighted by molar-refractivity contribution is -0.135. The van der Waals surface area contributed by atoms with Crippen molar-refractivity contribution in [2.45, 2.75) is 76.3 Å². The van der Waals surface area contributed by atoms with Crippen LogP contribution in [0.3, 0.4) is 0 Å². The molecule has 3 unspecified atom stereocenters. The zero-order valence-electron chi connectivity index (χ0n) is 14.6.